The van der Waals surface area contributed by atoms with E-state index in [1.54, 1.807) is 6.07 Å². The summed E-state index contributed by atoms with van der Waals surface area (Å²) in [5.41, 5.74) is 1.39. The molecule has 1 aliphatic carbocycles. The minimum atomic E-state index is -1.41. The highest BCUT2D eigenvalue weighted by molar-refractivity contribution is 6.59. The molecule has 1 aliphatic rings. The van der Waals surface area contributed by atoms with Gasteiger partial charge in [0.1, 0.15) is 5.75 Å². The largest absolute Gasteiger partial charge is 0.490 e. The van der Waals surface area contributed by atoms with Gasteiger partial charge in [0.15, 0.2) is 0 Å². The Labute approximate surface area is 109 Å². The molecule has 1 fully saturated rings. The first kappa shape index (κ1) is 13.4. The van der Waals surface area contributed by atoms with Crippen molar-refractivity contribution >= 4 is 12.6 Å². The summed E-state index contributed by atoms with van der Waals surface area (Å²) in [6.45, 7) is 4.14. The van der Waals surface area contributed by atoms with Crippen molar-refractivity contribution in [2.75, 3.05) is 0 Å². The fourth-order valence-corrected chi connectivity index (χ4v) is 2.69. The molecule has 2 unspecified atom stereocenters. The van der Waals surface area contributed by atoms with Crippen molar-refractivity contribution in [3.63, 3.8) is 0 Å². The Morgan fingerprint density at radius 1 is 1.28 bits per heavy atom. The predicted molar refractivity (Wildman–Crippen MR) is 73.1 cm³/mol. The zero-order chi connectivity index (χ0) is 13.1. The maximum atomic E-state index is 9.17. The SMILES string of the molecule is Cc1cc(OC2CCCC(C)C2)ccc1B(O)O. The van der Waals surface area contributed by atoms with Gasteiger partial charge in [0.05, 0.1) is 6.10 Å². The number of ether oxygens (including phenoxy) is 1. The summed E-state index contributed by atoms with van der Waals surface area (Å²) in [5.74, 6) is 1.57. The van der Waals surface area contributed by atoms with E-state index in [0.717, 1.165) is 30.1 Å². The van der Waals surface area contributed by atoms with Crippen LogP contribution in [0.3, 0.4) is 0 Å². The summed E-state index contributed by atoms with van der Waals surface area (Å²) >= 11 is 0. The average molecular weight is 248 g/mol. The van der Waals surface area contributed by atoms with Crippen LogP contribution in [0.2, 0.25) is 0 Å². The maximum Gasteiger partial charge on any atom is 0.488 e. The Morgan fingerprint density at radius 3 is 2.67 bits per heavy atom. The minimum Gasteiger partial charge on any atom is -0.490 e. The quantitative estimate of drug-likeness (QED) is 0.799. The Bertz CT molecular complexity index is 406. The molecule has 3 nitrogen and oxygen atoms in total. The Morgan fingerprint density at radius 2 is 2.06 bits per heavy atom. The Balaban J connectivity index is 2.03. The first-order chi connectivity index (χ1) is 8.56. The molecule has 0 radical (unpaired) electrons. The number of hydrogen-bond donors (Lipinski definition) is 2. The molecule has 2 N–H and O–H groups in total. The van der Waals surface area contributed by atoms with E-state index in [-0.39, 0.29) is 0 Å². The lowest BCUT2D eigenvalue weighted by Gasteiger charge is -2.27. The van der Waals surface area contributed by atoms with Crippen LogP contribution in [-0.2, 0) is 0 Å². The number of aryl methyl sites for hydroxylation is 1. The normalized spacial score (nSPS) is 23.8. The van der Waals surface area contributed by atoms with Gasteiger partial charge in [-0.3, -0.25) is 0 Å². The minimum absolute atomic E-state index is 0.304. The van der Waals surface area contributed by atoms with Gasteiger partial charge in [-0.15, -0.1) is 0 Å². The summed E-state index contributed by atoms with van der Waals surface area (Å²) in [6.07, 6.45) is 5.07. The molecule has 0 amide bonds. The van der Waals surface area contributed by atoms with Crippen molar-refractivity contribution in [2.24, 2.45) is 5.92 Å². The van der Waals surface area contributed by atoms with Crippen molar-refractivity contribution in [3.8, 4) is 5.75 Å². The van der Waals surface area contributed by atoms with Crippen LogP contribution in [0, 0.1) is 12.8 Å². The highest BCUT2D eigenvalue weighted by Crippen LogP contribution is 2.27. The van der Waals surface area contributed by atoms with Crippen LogP contribution < -0.4 is 10.2 Å². The Kier molecular flexibility index (Phi) is 4.30. The van der Waals surface area contributed by atoms with Gasteiger partial charge in [-0.2, -0.15) is 0 Å². The van der Waals surface area contributed by atoms with Gasteiger partial charge in [-0.05, 0) is 55.3 Å². The van der Waals surface area contributed by atoms with E-state index < -0.39 is 7.12 Å². The third kappa shape index (κ3) is 3.27. The molecule has 18 heavy (non-hydrogen) atoms. The van der Waals surface area contributed by atoms with Crippen molar-refractivity contribution < 1.29 is 14.8 Å². The molecule has 0 saturated heterocycles. The second-order valence-electron chi connectivity index (χ2n) is 5.40. The van der Waals surface area contributed by atoms with E-state index in [2.05, 4.69) is 6.92 Å². The molecule has 0 bridgehead atoms. The van der Waals surface area contributed by atoms with Gasteiger partial charge >= 0.3 is 7.12 Å². The predicted octanol–water partition coefficient (Wildman–Crippen LogP) is 1.63. The average Bonchev–Trinajstić information content (AvgIpc) is 2.28. The molecular weight excluding hydrogens is 227 g/mol. The molecule has 4 heteroatoms. The van der Waals surface area contributed by atoms with Gasteiger partial charge in [0.25, 0.3) is 0 Å². The molecule has 0 aliphatic heterocycles. The molecule has 1 saturated carbocycles. The van der Waals surface area contributed by atoms with Crippen molar-refractivity contribution in [2.45, 2.75) is 45.6 Å². The number of rotatable bonds is 3. The lowest BCUT2D eigenvalue weighted by molar-refractivity contribution is 0.129. The summed E-state index contributed by atoms with van der Waals surface area (Å²) in [7, 11) is -1.41. The fraction of sp³-hybridized carbons (Fsp3) is 0.571. The van der Waals surface area contributed by atoms with Gasteiger partial charge in [0.2, 0.25) is 0 Å². The van der Waals surface area contributed by atoms with Crippen LogP contribution in [0.4, 0.5) is 0 Å². The van der Waals surface area contributed by atoms with E-state index >= 15 is 0 Å². The highest BCUT2D eigenvalue weighted by atomic mass is 16.5. The smallest absolute Gasteiger partial charge is 0.488 e. The molecule has 0 heterocycles. The lowest BCUT2D eigenvalue weighted by Crippen LogP contribution is -2.32. The third-order valence-electron chi connectivity index (χ3n) is 3.71. The van der Waals surface area contributed by atoms with E-state index in [1.165, 1.54) is 12.8 Å². The lowest BCUT2D eigenvalue weighted by atomic mass is 9.77. The summed E-state index contributed by atoms with van der Waals surface area (Å²) in [6, 6.07) is 5.43. The molecule has 1 aromatic rings. The van der Waals surface area contributed by atoms with Crippen LogP contribution >= 0.6 is 0 Å². The zero-order valence-electron chi connectivity index (χ0n) is 11.1. The van der Waals surface area contributed by atoms with Crippen molar-refractivity contribution in [1.29, 1.82) is 0 Å². The molecular formula is C14H21BO3. The monoisotopic (exact) mass is 248 g/mol. The van der Waals surface area contributed by atoms with E-state index in [4.69, 9.17) is 14.8 Å². The highest BCUT2D eigenvalue weighted by Gasteiger charge is 2.21. The van der Waals surface area contributed by atoms with Gasteiger partial charge in [0, 0.05) is 0 Å². The zero-order valence-corrected chi connectivity index (χ0v) is 11.1. The molecule has 98 valence electrons. The topological polar surface area (TPSA) is 49.7 Å². The van der Waals surface area contributed by atoms with Crippen LogP contribution in [0.25, 0.3) is 0 Å². The first-order valence-electron chi connectivity index (χ1n) is 6.69. The van der Waals surface area contributed by atoms with Crippen LogP contribution in [0.5, 0.6) is 5.75 Å². The summed E-state index contributed by atoms with van der Waals surface area (Å²) < 4.78 is 5.98. The molecule has 0 aromatic heterocycles. The van der Waals surface area contributed by atoms with E-state index in [0.29, 0.717) is 11.6 Å². The Hall–Kier alpha value is -0.995. The third-order valence-corrected chi connectivity index (χ3v) is 3.71. The van der Waals surface area contributed by atoms with Crippen molar-refractivity contribution in [3.05, 3.63) is 23.8 Å². The fourth-order valence-electron chi connectivity index (χ4n) is 2.69. The van der Waals surface area contributed by atoms with Crippen LogP contribution in [0.1, 0.15) is 38.2 Å². The first-order valence-corrected chi connectivity index (χ1v) is 6.69. The van der Waals surface area contributed by atoms with Crippen LogP contribution in [0.15, 0.2) is 18.2 Å². The summed E-state index contributed by atoms with van der Waals surface area (Å²) in [4.78, 5) is 0. The van der Waals surface area contributed by atoms with Crippen molar-refractivity contribution in [1.82, 2.24) is 0 Å². The van der Waals surface area contributed by atoms with Gasteiger partial charge < -0.3 is 14.8 Å². The van der Waals surface area contributed by atoms with Gasteiger partial charge in [-0.25, -0.2) is 0 Å². The van der Waals surface area contributed by atoms with Crippen LogP contribution in [-0.4, -0.2) is 23.3 Å². The second kappa shape index (κ2) is 5.76. The maximum absolute atomic E-state index is 9.17. The molecule has 2 rings (SSSR count). The van der Waals surface area contributed by atoms with E-state index in [1.807, 2.05) is 19.1 Å². The molecule has 0 spiro atoms. The van der Waals surface area contributed by atoms with Gasteiger partial charge in [-0.1, -0.05) is 19.4 Å². The standard InChI is InChI=1S/C14H21BO3/c1-10-4-3-5-12(8-10)18-13-6-7-14(15(16)17)11(2)9-13/h6-7,9-10,12,16-17H,3-5,8H2,1-2H3. The number of benzene rings is 1. The second-order valence-corrected chi connectivity index (χ2v) is 5.40. The summed E-state index contributed by atoms with van der Waals surface area (Å²) in [5, 5.41) is 18.3. The van der Waals surface area contributed by atoms with E-state index in [9.17, 15) is 0 Å². The molecule has 1 aromatic carbocycles. The molecule has 2 atom stereocenters. The number of hydrogen-bond acceptors (Lipinski definition) is 3.